The first-order valence-electron chi connectivity index (χ1n) is 18.7. The number of nitrogens with one attached hydrogen (secondary N) is 1. The van der Waals surface area contributed by atoms with Gasteiger partial charge in [-0.25, -0.2) is 19.6 Å². The number of halogens is 1. The van der Waals surface area contributed by atoms with E-state index in [4.69, 9.17) is 64.2 Å². The van der Waals surface area contributed by atoms with E-state index in [9.17, 15) is 34.0 Å². The van der Waals surface area contributed by atoms with Gasteiger partial charge in [-0.15, -0.1) is 0 Å². The third-order valence-corrected chi connectivity index (χ3v) is 10.1. The van der Waals surface area contributed by atoms with Crippen LogP contribution >= 0.6 is 23.4 Å². The Balaban J connectivity index is 1.50. The molecule has 5 atom stereocenters. The highest BCUT2D eigenvalue weighted by molar-refractivity contribution is 7.98. The second-order valence-corrected chi connectivity index (χ2v) is 15.2. The first-order chi connectivity index (χ1) is 29.9. The molecule has 4 rings (SSSR count). The number of carbonyl (C=O) groups is 6. The van der Waals surface area contributed by atoms with Crippen LogP contribution in [0.4, 0.5) is 11.5 Å². The molecule has 4 aromatic rings. The third-order valence-electron chi connectivity index (χ3n) is 8.82. The molecule has 0 saturated heterocycles. The fourth-order valence-corrected chi connectivity index (χ4v) is 6.52. The van der Waals surface area contributed by atoms with Gasteiger partial charge in [-0.05, 0) is 48.9 Å². The molecule has 0 radical (unpaired) electrons. The highest BCUT2D eigenvalue weighted by Gasteiger charge is 2.29. The quantitative estimate of drug-likeness (QED) is 0.0370. The minimum atomic E-state index is -1.47. The molecule has 1 amide bonds. The minimum absolute atomic E-state index is 0.0604. The Kier molecular flexibility index (Phi) is 17.5. The molecule has 0 aliphatic rings. The number of carboxylic acids is 2. The van der Waals surface area contributed by atoms with Crippen molar-refractivity contribution in [3.05, 3.63) is 82.5 Å². The molecule has 20 nitrogen and oxygen atoms in total. The number of aliphatic carboxylic acids is 2. The number of pyridine rings is 1. The lowest BCUT2D eigenvalue weighted by molar-refractivity contribution is -0.164. The molecule has 0 aliphatic heterocycles. The predicted molar refractivity (Wildman–Crippen MR) is 225 cm³/mol. The largest absolute Gasteiger partial charge is 0.490 e. The summed E-state index contributed by atoms with van der Waals surface area (Å²) in [6.45, 7) is 9.38. The number of nitriles is 1. The summed E-state index contributed by atoms with van der Waals surface area (Å²) in [7, 11) is 0. The summed E-state index contributed by atoms with van der Waals surface area (Å²) < 4.78 is 22.3. The molecule has 0 unspecified atom stereocenters. The van der Waals surface area contributed by atoms with Crippen LogP contribution in [0.15, 0.2) is 64.2 Å². The van der Waals surface area contributed by atoms with E-state index >= 15 is 0 Å². The van der Waals surface area contributed by atoms with Crippen LogP contribution in [-0.4, -0.2) is 93.2 Å². The van der Waals surface area contributed by atoms with Gasteiger partial charge in [0.05, 0.1) is 48.7 Å². The predicted octanol–water partition coefficient (Wildman–Crippen LogP) is 3.89. The fourth-order valence-electron chi connectivity index (χ4n) is 5.52. The van der Waals surface area contributed by atoms with Crippen LogP contribution in [0.1, 0.15) is 44.4 Å². The lowest BCUT2D eigenvalue weighted by atomic mass is 9.99. The molecule has 63 heavy (non-hydrogen) atoms. The summed E-state index contributed by atoms with van der Waals surface area (Å²) in [6, 6.07) is 11.0. The molecule has 0 spiro atoms. The number of amides is 1. The number of rotatable bonds is 22. The number of oxazole rings is 1. The monoisotopic (exact) mass is 904 g/mol. The van der Waals surface area contributed by atoms with Gasteiger partial charge in [-0.1, -0.05) is 42.4 Å². The lowest BCUT2D eigenvalue weighted by Gasteiger charge is -2.22. The number of Topliss-reactive ketones (excluding diaryl/α,β-unsaturated/α-hetero) is 1. The van der Waals surface area contributed by atoms with Gasteiger partial charge in [-0.3, -0.25) is 24.0 Å². The summed E-state index contributed by atoms with van der Waals surface area (Å²) in [5.74, 6) is -6.57. The van der Waals surface area contributed by atoms with E-state index in [1.54, 1.807) is 36.4 Å². The smallest absolute Gasteiger partial charge is 0.328 e. The Morgan fingerprint density at radius 2 is 1.57 bits per heavy atom. The van der Waals surface area contributed by atoms with E-state index < -0.39 is 98.2 Å². The molecule has 0 bridgehead atoms. The molecular formula is C41H41ClN8O12S. The van der Waals surface area contributed by atoms with Crippen molar-refractivity contribution in [1.29, 1.82) is 5.26 Å². The second-order valence-electron chi connectivity index (χ2n) is 13.8. The van der Waals surface area contributed by atoms with Crippen LogP contribution in [0.5, 0.6) is 5.75 Å². The SMILES string of the molecule is [C-]#[N+]c1c(N)nc(SCc2coc(-c3ccc(Cl)cc3)n2)c(C#N)c1-c1ccc(OC[C@@H](COC(=O)[C@H](C)CC(=O)[C@@H](N)CC(=O)O)OC(=O)[C@H](C)NC(=O)[C@@H](N)CC(=O)O)cc1. The number of benzene rings is 2. The number of carboxylic acid groups (broad SMARTS) is 2. The Morgan fingerprint density at radius 3 is 2.19 bits per heavy atom. The van der Waals surface area contributed by atoms with Crippen molar-refractivity contribution in [2.75, 3.05) is 18.9 Å². The van der Waals surface area contributed by atoms with E-state index in [1.807, 2.05) is 0 Å². The lowest BCUT2D eigenvalue weighted by Crippen LogP contribution is -2.49. The summed E-state index contributed by atoms with van der Waals surface area (Å²) in [4.78, 5) is 84.8. The third kappa shape index (κ3) is 14.0. The number of aromatic nitrogens is 2. The highest BCUT2D eigenvalue weighted by Crippen LogP contribution is 2.42. The molecule has 22 heteroatoms. The average molecular weight is 905 g/mol. The van der Waals surface area contributed by atoms with Crippen molar-refractivity contribution in [3.63, 3.8) is 0 Å². The number of hydrogen-bond acceptors (Lipinski definition) is 17. The fraction of sp³-hybridized carbons (Fsp3) is 0.317. The van der Waals surface area contributed by atoms with Crippen LogP contribution in [0.25, 0.3) is 27.4 Å². The van der Waals surface area contributed by atoms with Crippen molar-refractivity contribution >= 4 is 70.4 Å². The number of esters is 2. The zero-order valence-corrected chi connectivity index (χ0v) is 35.2. The number of carbonyl (C=O) groups excluding carboxylic acids is 4. The van der Waals surface area contributed by atoms with E-state index in [2.05, 4.69) is 26.2 Å². The number of nitrogens with two attached hydrogens (primary N) is 3. The van der Waals surface area contributed by atoms with Gasteiger partial charge in [0.2, 0.25) is 17.5 Å². The van der Waals surface area contributed by atoms with Crippen molar-refractivity contribution in [1.82, 2.24) is 15.3 Å². The number of anilines is 1. The van der Waals surface area contributed by atoms with Crippen molar-refractivity contribution in [2.24, 2.45) is 17.4 Å². The van der Waals surface area contributed by atoms with Crippen molar-refractivity contribution in [2.45, 2.75) is 68.1 Å². The zero-order chi connectivity index (χ0) is 46.4. The number of nitrogen functional groups attached to an aromatic ring is 1. The van der Waals surface area contributed by atoms with Gasteiger partial charge in [0.1, 0.15) is 48.2 Å². The number of ether oxygens (including phenoxy) is 3. The van der Waals surface area contributed by atoms with Gasteiger partial charge < -0.3 is 51.4 Å². The van der Waals surface area contributed by atoms with Crippen LogP contribution in [0, 0.1) is 23.8 Å². The molecule has 2 aromatic carbocycles. The van der Waals surface area contributed by atoms with Crippen molar-refractivity contribution < 1.29 is 57.6 Å². The molecule has 0 aliphatic carbocycles. The van der Waals surface area contributed by atoms with Gasteiger partial charge in [0.15, 0.2) is 11.9 Å². The maximum atomic E-state index is 13.0. The highest BCUT2D eigenvalue weighted by atomic mass is 35.5. The zero-order valence-electron chi connectivity index (χ0n) is 33.6. The molecule has 9 N–H and O–H groups in total. The number of hydrogen-bond donors (Lipinski definition) is 6. The molecule has 0 fully saturated rings. The topological polar surface area (TPSA) is 328 Å². The standard InChI is InChI=1S/C41H41ClN8O12S/c1-20(12-31(51)29(44)13-32(52)53)40(57)61-18-27(62-41(58)21(2)48-37(56)30(45)14-33(54)55)17-59-26-10-6-22(7-11-26)34-28(15-43)39(50-36(46)35(34)47-3)63-19-25-16-60-38(49-25)23-4-8-24(42)9-5-23/h4-11,16,20-21,27,29-30H,12-14,17-19,44-45H2,1-2H3,(H2,46,50)(H,48,56)(H,52,53)(H,54,55)/t20-,21+,27+,29+,30+/m1/s1. The first kappa shape index (κ1) is 48.6. The van der Waals surface area contributed by atoms with Gasteiger partial charge in [0.25, 0.3) is 0 Å². The Bertz CT molecular complexity index is 2420. The van der Waals surface area contributed by atoms with E-state index in [0.29, 0.717) is 27.7 Å². The average Bonchev–Trinajstić information content (AvgIpc) is 3.72. The van der Waals surface area contributed by atoms with Crippen LogP contribution in [0.3, 0.4) is 0 Å². The maximum absolute atomic E-state index is 13.0. The summed E-state index contributed by atoms with van der Waals surface area (Å²) in [5, 5.41) is 31.2. The molecule has 0 saturated carbocycles. The minimum Gasteiger partial charge on any atom is -0.490 e. The van der Waals surface area contributed by atoms with Crippen LogP contribution < -0.4 is 27.3 Å². The van der Waals surface area contributed by atoms with E-state index in [-0.39, 0.29) is 39.2 Å². The Hall–Kier alpha value is -7.04. The first-order valence-corrected chi connectivity index (χ1v) is 20.1. The van der Waals surface area contributed by atoms with Crippen LogP contribution in [-0.2, 0) is 44.0 Å². The summed E-state index contributed by atoms with van der Waals surface area (Å²) >= 11 is 7.15. The number of ketones is 1. The summed E-state index contributed by atoms with van der Waals surface area (Å²) in [6.07, 6.45) is -1.62. The normalized spacial score (nSPS) is 13.2. The molecular weight excluding hydrogens is 864 g/mol. The van der Waals surface area contributed by atoms with Crippen LogP contribution in [0.2, 0.25) is 5.02 Å². The van der Waals surface area contributed by atoms with E-state index in [0.717, 1.165) is 11.8 Å². The molecule has 2 aromatic heterocycles. The number of nitrogens with zero attached hydrogens (tertiary/aromatic N) is 4. The maximum Gasteiger partial charge on any atom is 0.328 e. The summed E-state index contributed by atoms with van der Waals surface area (Å²) in [5.41, 5.74) is 19.3. The van der Waals surface area contributed by atoms with Crippen molar-refractivity contribution in [3.8, 4) is 34.4 Å². The Morgan fingerprint density at radius 1 is 0.937 bits per heavy atom. The Labute approximate surface area is 368 Å². The van der Waals surface area contributed by atoms with Gasteiger partial charge in [-0.2, -0.15) is 5.26 Å². The second kappa shape index (κ2) is 22.7. The number of thioether (sulfide) groups is 1. The molecule has 2 heterocycles. The van der Waals surface area contributed by atoms with Gasteiger partial charge in [0, 0.05) is 28.3 Å². The molecule has 330 valence electrons. The van der Waals surface area contributed by atoms with E-state index in [1.165, 1.54) is 32.2 Å². The van der Waals surface area contributed by atoms with Gasteiger partial charge >= 0.3 is 23.9 Å².